The number of hydrogen-bond donors (Lipinski definition) is 1. The number of carbonyl (C=O) groups excluding carboxylic acids is 1. The molecule has 9 aliphatic rings. The topological polar surface area (TPSA) is 78.5 Å². The molecule has 4 saturated heterocycles. The largest absolute Gasteiger partial charge is 0.441 e. The van der Waals surface area contributed by atoms with E-state index in [1.54, 1.807) is 0 Å². The maximum absolute atomic E-state index is 12.1. The van der Waals surface area contributed by atoms with Gasteiger partial charge in [-0.3, -0.25) is 4.90 Å². The number of morpholine rings is 1. The van der Waals surface area contributed by atoms with Crippen LogP contribution in [0.5, 0.6) is 0 Å². The summed E-state index contributed by atoms with van der Waals surface area (Å²) in [6.45, 7) is 16.1. The van der Waals surface area contributed by atoms with Crippen LogP contribution in [-0.4, -0.2) is 86.2 Å². The molecule has 1 amide bonds. The Morgan fingerprint density at radius 2 is 1.73 bits per heavy atom. The van der Waals surface area contributed by atoms with Crippen LogP contribution in [0.25, 0.3) is 0 Å². The summed E-state index contributed by atoms with van der Waals surface area (Å²) in [5.74, 6) is 3.00. The van der Waals surface area contributed by atoms with Gasteiger partial charge in [0.05, 0.1) is 56.8 Å². The molecule has 12 atom stereocenters. The smallest absolute Gasteiger partial charge is 0.408 e. The number of cyclic esters (lactones) is 1. The van der Waals surface area contributed by atoms with E-state index >= 15 is 0 Å². The number of carbonyl (C=O) groups is 1. The van der Waals surface area contributed by atoms with Gasteiger partial charge in [-0.1, -0.05) is 20.8 Å². The van der Waals surface area contributed by atoms with Crippen LogP contribution in [0.15, 0.2) is 0 Å². The van der Waals surface area contributed by atoms with Crippen LogP contribution >= 0.6 is 0 Å². The highest BCUT2D eigenvalue weighted by molar-refractivity contribution is 5.71. The highest BCUT2D eigenvalue weighted by Crippen LogP contribution is 2.87. The van der Waals surface area contributed by atoms with E-state index < -0.39 is 5.60 Å². The lowest BCUT2D eigenvalue weighted by atomic mass is 9.46. The van der Waals surface area contributed by atoms with Gasteiger partial charge in [-0.05, 0) is 123 Å². The van der Waals surface area contributed by atoms with E-state index in [1.165, 1.54) is 57.8 Å². The minimum absolute atomic E-state index is 0. The fourth-order valence-corrected chi connectivity index (χ4v) is 13.6. The number of ether oxygens (including phenoxy) is 5. The van der Waals surface area contributed by atoms with Crippen molar-refractivity contribution < 1.29 is 29.9 Å². The third-order valence-electron chi connectivity index (χ3n) is 15.8. The van der Waals surface area contributed by atoms with Crippen LogP contribution in [-0.2, 0) is 23.7 Å². The van der Waals surface area contributed by atoms with Crippen molar-refractivity contribution >= 4 is 6.09 Å². The van der Waals surface area contributed by atoms with Crippen molar-refractivity contribution in [2.24, 2.45) is 45.3 Å². The molecular formula is C36H58N2O6. The van der Waals surface area contributed by atoms with Crippen molar-refractivity contribution in [2.75, 3.05) is 32.9 Å². The number of hydrogen-bond acceptors (Lipinski definition) is 7. The third kappa shape index (κ3) is 3.90. The Kier molecular flexibility index (Phi) is 6.36. The molecule has 248 valence electrons. The van der Waals surface area contributed by atoms with Gasteiger partial charge in [0.25, 0.3) is 0 Å². The summed E-state index contributed by atoms with van der Waals surface area (Å²) in [5, 5.41) is 3.09. The molecule has 9 rings (SSSR count). The molecule has 4 aliphatic heterocycles. The van der Waals surface area contributed by atoms with Gasteiger partial charge < -0.3 is 29.0 Å². The second-order valence-corrected chi connectivity index (χ2v) is 18.1. The Labute approximate surface area is 265 Å². The van der Waals surface area contributed by atoms with E-state index in [9.17, 15) is 4.79 Å². The highest BCUT2D eigenvalue weighted by Gasteiger charge is 2.80. The first-order chi connectivity index (χ1) is 21.0. The van der Waals surface area contributed by atoms with Gasteiger partial charge in [0.15, 0.2) is 6.29 Å². The fourth-order valence-electron chi connectivity index (χ4n) is 13.6. The van der Waals surface area contributed by atoms with Crippen molar-refractivity contribution in [1.82, 2.24) is 10.2 Å². The normalized spacial score (nSPS) is 54.0. The summed E-state index contributed by atoms with van der Waals surface area (Å²) in [6, 6.07) is 0.486. The van der Waals surface area contributed by atoms with Crippen LogP contribution in [0.4, 0.5) is 4.79 Å². The van der Waals surface area contributed by atoms with Crippen LogP contribution < -0.4 is 5.32 Å². The van der Waals surface area contributed by atoms with E-state index in [1.807, 2.05) is 13.8 Å². The molecule has 5 saturated carbocycles. The van der Waals surface area contributed by atoms with Gasteiger partial charge in [-0.15, -0.1) is 0 Å². The quantitative estimate of drug-likeness (QED) is 0.431. The van der Waals surface area contributed by atoms with Crippen molar-refractivity contribution in [1.29, 1.82) is 0 Å². The minimum atomic E-state index is -0.518. The summed E-state index contributed by atoms with van der Waals surface area (Å²) < 4.78 is 31.2. The van der Waals surface area contributed by atoms with E-state index in [0.29, 0.717) is 34.3 Å². The van der Waals surface area contributed by atoms with Crippen LogP contribution in [0.1, 0.15) is 100 Å². The molecule has 0 aromatic heterocycles. The Morgan fingerprint density at radius 1 is 0.909 bits per heavy atom. The van der Waals surface area contributed by atoms with Gasteiger partial charge in [0.1, 0.15) is 5.60 Å². The zero-order valence-electron chi connectivity index (χ0n) is 27.8. The average molecular weight is 615 g/mol. The predicted molar refractivity (Wildman–Crippen MR) is 166 cm³/mol. The summed E-state index contributed by atoms with van der Waals surface area (Å²) in [5.41, 5.74) is 1.08. The lowest BCUT2D eigenvalue weighted by Crippen LogP contribution is -2.58. The standard InChI is InChI=1S/C36H56N2O6.H2/c1-32(2)27-9-7-22-24-16-26-23(6-8-25(42-26)30-33(3,4)44-31(39)37-30)34(24,5)12-13-35(22)20-36(27,35)11-10-28(32)43-29-17-38(14-15-41-29)21-18-40-19-21;/h21-30H,6-20H2,1-5H3,(H,37,39);1H/t22?,23?,24?,25?,26?,27?,28-,29?,30-,34?,35-,36?;/m0./s1. The van der Waals surface area contributed by atoms with Gasteiger partial charge >= 0.3 is 6.09 Å². The second-order valence-electron chi connectivity index (χ2n) is 18.1. The molecule has 4 heterocycles. The molecule has 8 nitrogen and oxygen atoms in total. The van der Waals surface area contributed by atoms with E-state index in [4.69, 9.17) is 23.7 Å². The first-order valence-corrected chi connectivity index (χ1v) is 18.2. The molecule has 0 bridgehead atoms. The lowest BCUT2D eigenvalue weighted by Gasteiger charge is -2.60. The maximum atomic E-state index is 12.1. The Bertz CT molecular complexity index is 1200. The molecule has 1 N–H and O–H groups in total. The lowest BCUT2D eigenvalue weighted by molar-refractivity contribution is -0.253. The van der Waals surface area contributed by atoms with Crippen molar-refractivity contribution in [2.45, 2.75) is 141 Å². The molecule has 0 aromatic carbocycles. The molecule has 5 aliphatic carbocycles. The zero-order valence-corrected chi connectivity index (χ0v) is 27.8. The Hall–Kier alpha value is -0.930. The summed E-state index contributed by atoms with van der Waals surface area (Å²) in [4.78, 5) is 14.6. The van der Waals surface area contributed by atoms with Crippen LogP contribution in [0, 0.1) is 45.3 Å². The number of nitrogens with zero attached hydrogens (tertiary/aromatic N) is 1. The van der Waals surface area contributed by atoms with E-state index in [2.05, 4.69) is 31.0 Å². The second kappa shape index (κ2) is 9.58. The molecular weight excluding hydrogens is 556 g/mol. The van der Waals surface area contributed by atoms with Crippen LogP contribution in [0.3, 0.4) is 0 Å². The summed E-state index contributed by atoms with van der Waals surface area (Å²) >= 11 is 0. The first kappa shape index (κ1) is 29.2. The summed E-state index contributed by atoms with van der Waals surface area (Å²) in [7, 11) is 0. The maximum Gasteiger partial charge on any atom is 0.408 e. The third-order valence-corrected chi connectivity index (χ3v) is 15.8. The number of nitrogens with one attached hydrogen (secondary N) is 1. The number of rotatable bonds is 4. The van der Waals surface area contributed by atoms with E-state index in [-0.39, 0.29) is 37.5 Å². The average Bonchev–Trinajstić information content (AvgIpc) is 3.39. The molecule has 44 heavy (non-hydrogen) atoms. The van der Waals surface area contributed by atoms with Gasteiger partial charge in [-0.2, -0.15) is 0 Å². The van der Waals surface area contributed by atoms with Gasteiger partial charge in [0.2, 0.25) is 0 Å². The van der Waals surface area contributed by atoms with Crippen molar-refractivity contribution in [3.63, 3.8) is 0 Å². The molecule has 2 spiro atoms. The van der Waals surface area contributed by atoms with Gasteiger partial charge in [-0.25, -0.2) is 4.79 Å². The molecule has 8 heteroatoms. The van der Waals surface area contributed by atoms with Crippen molar-refractivity contribution in [3.05, 3.63) is 0 Å². The molecule has 0 radical (unpaired) electrons. The fraction of sp³-hybridized carbons (Fsp3) is 0.972. The Balaban J connectivity index is 0.00000300. The first-order valence-electron chi connectivity index (χ1n) is 18.2. The SMILES string of the molecule is CC12CC[C@@]34CC35CC[C@H](OC3CN(C6COC6)CCO3)C(C)(C)C5CCC4C1CC1OC([C@@H]3NC(=O)OC3(C)C)CCC12.[HH]. The predicted octanol–water partition coefficient (Wildman–Crippen LogP) is 5.77. The highest BCUT2D eigenvalue weighted by atomic mass is 16.7. The van der Waals surface area contributed by atoms with Crippen LogP contribution in [0.2, 0.25) is 0 Å². The van der Waals surface area contributed by atoms with E-state index in [0.717, 1.165) is 57.1 Å². The minimum Gasteiger partial charge on any atom is -0.441 e. The number of amides is 1. The van der Waals surface area contributed by atoms with Gasteiger partial charge in [0, 0.05) is 7.97 Å². The molecule has 0 aromatic rings. The Morgan fingerprint density at radius 3 is 2.48 bits per heavy atom. The molecule has 9 fully saturated rings. The zero-order chi connectivity index (χ0) is 30.3. The number of fused-ring (bicyclic) bond motifs is 4. The van der Waals surface area contributed by atoms with Crippen molar-refractivity contribution in [3.8, 4) is 0 Å². The molecule has 9 unspecified atom stereocenters. The number of alkyl carbamates (subject to hydrolysis) is 1. The summed E-state index contributed by atoms with van der Waals surface area (Å²) in [6.07, 6.45) is 13.2. The monoisotopic (exact) mass is 614 g/mol.